The molecule has 0 aromatic heterocycles. The third-order valence-electron chi connectivity index (χ3n) is 4.69. The number of ketones is 1. The molecule has 1 aliphatic heterocycles. The Hall–Kier alpha value is -2.19. The van der Waals surface area contributed by atoms with Gasteiger partial charge in [-0.3, -0.25) is 9.69 Å². The van der Waals surface area contributed by atoms with Crippen molar-refractivity contribution in [2.75, 3.05) is 19.6 Å². The first-order valence-electron chi connectivity index (χ1n) is 8.75. The number of Topliss-reactive ketones (excluding diaryl/α,β-unsaturated/α-hetero) is 1. The summed E-state index contributed by atoms with van der Waals surface area (Å²) < 4.78 is 0. The van der Waals surface area contributed by atoms with Crippen LogP contribution in [0.3, 0.4) is 0 Å². The second kappa shape index (κ2) is 8.07. The smallest absolute Gasteiger partial charge is 0.164 e. The molecule has 0 bridgehead atoms. The van der Waals surface area contributed by atoms with Crippen LogP contribution in [0.4, 0.5) is 0 Å². The Morgan fingerprint density at radius 1 is 1.04 bits per heavy atom. The van der Waals surface area contributed by atoms with E-state index in [1.807, 2.05) is 31.2 Å². The second-order valence-electron chi connectivity index (χ2n) is 6.61. The maximum atomic E-state index is 12.3. The highest BCUT2D eigenvalue weighted by Crippen LogP contribution is 2.17. The molecule has 24 heavy (non-hydrogen) atoms. The Bertz CT molecular complexity index is 701. The van der Waals surface area contributed by atoms with Crippen LogP contribution >= 0.6 is 0 Å². The highest BCUT2D eigenvalue weighted by atomic mass is 16.1. The van der Waals surface area contributed by atoms with Crippen LogP contribution in [-0.2, 0) is 6.42 Å². The predicted octanol–water partition coefficient (Wildman–Crippen LogP) is 4.44. The first-order chi connectivity index (χ1) is 11.7. The van der Waals surface area contributed by atoms with Gasteiger partial charge in [0.05, 0.1) is 0 Å². The molecule has 0 amide bonds. The number of aryl methyl sites for hydroxylation is 1. The summed E-state index contributed by atoms with van der Waals surface area (Å²) >= 11 is 0. The largest absolute Gasteiger partial charge is 0.299 e. The first kappa shape index (κ1) is 16.7. The number of carbonyl (C=O) groups excluding carboxylic acids is 1. The molecular formula is C22H25NO. The van der Waals surface area contributed by atoms with Crippen molar-refractivity contribution < 1.29 is 4.79 Å². The zero-order valence-electron chi connectivity index (χ0n) is 14.4. The number of rotatable bonds is 6. The summed E-state index contributed by atoms with van der Waals surface area (Å²) in [7, 11) is 0. The van der Waals surface area contributed by atoms with Crippen LogP contribution in [0.2, 0.25) is 0 Å². The lowest BCUT2D eigenvalue weighted by Gasteiger charge is -2.26. The van der Waals surface area contributed by atoms with Crippen LogP contribution in [-0.4, -0.2) is 30.3 Å². The minimum atomic E-state index is 0.245. The van der Waals surface area contributed by atoms with Crippen molar-refractivity contribution in [2.45, 2.75) is 26.2 Å². The van der Waals surface area contributed by atoms with Crippen molar-refractivity contribution in [3.8, 4) is 0 Å². The molecule has 124 valence electrons. The molecule has 0 N–H and O–H groups in total. The lowest BCUT2D eigenvalue weighted by atomic mass is 9.99. The molecule has 2 aromatic rings. The van der Waals surface area contributed by atoms with Crippen molar-refractivity contribution in [3.63, 3.8) is 0 Å². The van der Waals surface area contributed by atoms with Crippen LogP contribution in [0.1, 0.15) is 34.3 Å². The summed E-state index contributed by atoms with van der Waals surface area (Å²) in [4.78, 5) is 14.6. The monoisotopic (exact) mass is 319 g/mol. The minimum Gasteiger partial charge on any atom is -0.299 e. The molecule has 0 radical (unpaired) electrons. The third kappa shape index (κ3) is 4.65. The van der Waals surface area contributed by atoms with Gasteiger partial charge >= 0.3 is 0 Å². The van der Waals surface area contributed by atoms with E-state index in [1.54, 1.807) is 0 Å². The topological polar surface area (TPSA) is 20.3 Å². The summed E-state index contributed by atoms with van der Waals surface area (Å²) in [5, 5.41) is 0. The first-order valence-corrected chi connectivity index (χ1v) is 8.75. The molecule has 0 aliphatic carbocycles. The van der Waals surface area contributed by atoms with E-state index in [2.05, 4.69) is 41.3 Å². The van der Waals surface area contributed by atoms with Crippen molar-refractivity contribution in [2.24, 2.45) is 0 Å². The number of hydrogen-bond donors (Lipinski definition) is 0. The zero-order valence-corrected chi connectivity index (χ0v) is 14.4. The average Bonchev–Trinajstić information content (AvgIpc) is 2.62. The van der Waals surface area contributed by atoms with Crippen molar-refractivity contribution in [1.29, 1.82) is 0 Å². The van der Waals surface area contributed by atoms with Crippen molar-refractivity contribution in [3.05, 3.63) is 82.9 Å². The molecule has 2 aromatic carbocycles. The van der Waals surface area contributed by atoms with Gasteiger partial charge in [0.25, 0.3) is 0 Å². The summed E-state index contributed by atoms with van der Waals surface area (Å²) in [5.74, 6) is 0.245. The van der Waals surface area contributed by atoms with Gasteiger partial charge in [-0.15, -0.1) is 0 Å². The van der Waals surface area contributed by atoms with Gasteiger partial charge in [-0.2, -0.15) is 0 Å². The molecule has 1 heterocycles. The van der Waals surface area contributed by atoms with Gasteiger partial charge in [0.1, 0.15) is 0 Å². The van der Waals surface area contributed by atoms with Gasteiger partial charge in [0, 0.05) is 31.6 Å². The number of hydrogen-bond acceptors (Lipinski definition) is 2. The highest BCUT2D eigenvalue weighted by molar-refractivity contribution is 5.96. The average molecular weight is 319 g/mol. The van der Waals surface area contributed by atoms with Crippen LogP contribution in [0.15, 0.2) is 66.2 Å². The van der Waals surface area contributed by atoms with Gasteiger partial charge < -0.3 is 0 Å². The minimum absolute atomic E-state index is 0.245. The molecule has 0 saturated heterocycles. The zero-order chi connectivity index (χ0) is 16.8. The van der Waals surface area contributed by atoms with E-state index in [1.165, 1.54) is 16.7 Å². The summed E-state index contributed by atoms with van der Waals surface area (Å²) in [6.45, 7) is 4.91. The Morgan fingerprint density at radius 3 is 2.46 bits per heavy atom. The maximum absolute atomic E-state index is 12.3. The van der Waals surface area contributed by atoms with Crippen molar-refractivity contribution >= 4 is 5.78 Å². The van der Waals surface area contributed by atoms with E-state index in [0.717, 1.165) is 38.0 Å². The molecule has 2 nitrogen and oxygen atoms in total. The van der Waals surface area contributed by atoms with Gasteiger partial charge in [-0.05, 0) is 25.3 Å². The summed E-state index contributed by atoms with van der Waals surface area (Å²) in [6.07, 6.45) is 5.10. The van der Waals surface area contributed by atoms with E-state index >= 15 is 0 Å². The Balaban J connectivity index is 1.46. The van der Waals surface area contributed by atoms with E-state index in [4.69, 9.17) is 0 Å². The second-order valence-corrected chi connectivity index (χ2v) is 6.61. The van der Waals surface area contributed by atoms with Gasteiger partial charge in [-0.25, -0.2) is 0 Å². The molecular weight excluding hydrogens is 294 g/mol. The lowest BCUT2D eigenvalue weighted by Crippen LogP contribution is -2.31. The Kier molecular flexibility index (Phi) is 5.60. The summed E-state index contributed by atoms with van der Waals surface area (Å²) in [6, 6.07) is 18.5. The fraction of sp³-hybridized carbons (Fsp3) is 0.318. The number of carbonyl (C=O) groups is 1. The summed E-state index contributed by atoms with van der Waals surface area (Å²) in [5.41, 5.74) is 4.92. The molecule has 0 spiro atoms. The van der Waals surface area contributed by atoms with E-state index in [0.29, 0.717) is 6.42 Å². The molecule has 3 rings (SSSR count). The van der Waals surface area contributed by atoms with Crippen LogP contribution in [0, 0.1) is 6.92 Å². The SMILES string of the molecule is Cc1ccc(C(=O)CCN2CC=C(Cc3ccccc3)CC2)cc1. The van der Waals surface area contributed by atoms with Crippen LogP contribution < -0.4 is 0 Å². The number of nitrogens with zero attached hydrogens (tertiary/aromatic N) is 1. The third-order valence-corrected chi connectivity index (χ3v) is 4.69. The molecule has 0 fully saturated rings. The van der Waals surface area contributed by atoms with Crippen molar-refractivity contribution in [1.82, 2.24) is 4.90 Å². The predicted molar refractivity (Wildman–Crippen MR) is 99.4 cm³/mol. The van der Waals surface area contributed by atoms with Crippen LogP contribution in [0.5, 0.6) is 0 Å². The van der Waals surface area contributed by atoms with Gasteiger partial charge in [0.2, 0.25) is 0 Å². The number of benzene rings is 2. The fourth-order valence-electron chi connectivity index (χ4n) is 3.12. The van der Waals surface area contributed by atoms with Crippen LogP contribution in [0.25, 0.3) is 0 Å². The van der Waals surface area contributed by atoms with E-state index in [-0.39, 0.29) is 5.78 Å². The van der Waals surface area contributed by atoms with Gasteiger partial charge in [-0.1, -0.05) is 71.8 Å². The van der Waals surface area contributed by atoms with E-state index in [9.17, 15) is 4.79 Å². The molecule has 0 unspecified atom stereocenters. The quantitative estimate of drug-likeness (QED) is 0.579. The molecule has 0 atom stereocenters. The maximum Gasteiger partial charge on any atom is 0.164 e. The van der Waals surface area contributed by atoms with Gasteiger partial charge in [0.15, 0.2) is 5.78 Å². The highest BCUT2D eigenvalue weighted by Gasteiger charge is 2.14. The standard InChI is InChI=1S/C22H25NO/c1-18-7-9-21(10-8-18)22(24)13-16-23-14-11-20(12-15-23)17-19-5-3-2-4-6-19/h2-11H,12-17H2,1H3. The Labute approximate surface area is 144 Å². The lowest BCUT2D eigenvalue weighted by molar-refractivity contribution is 0.0966. The van der Waals surface area contributed by atoms with E-state index < -0.39 is 0 Å². The fourth-order valence-corrected chi connectivity index (χ4v) is 3.12. The normalized spacial score (nSPS) is 15.1. The molecule has 0 saturated carbocycles. The molecule has 2 heteroatoms. The molecule has 1 aliphatic rings. The Morgan fingerprint density at radius 2 is 1.79 bits per heavy atom.